The Morgan fingerprint density at radius 3 is 2.38 bits per heavy atom. The number of nitrogens with zero attached hydrogens (tertiary/aromatic N) is 3. The van der Waals surface area contributed by atoms with E-state index in [0.717, 1.165) is 24.3 Å². The van der Waals surface area contributed by atoms with Gasteiger partial charge < -0.3 is 19.4 Å². The predicted molar refractivity (Wildman–Crippen MR) is 111 cm³/mol. The van der Waals surface area contributed by atoms with Gasteiger partial charge in [0.05, 0.1) is 0 Å². The van der Waals surface area contributed by atoms with E-state index in [4.69, 9.17) is 9.15 Å². The van der Waals surface area contributed by atoms with E-state index in [1.807, 2.05) is 24.3 Å². The Hall–Kier alpha value is -3.35. The van der Waals surface area contributed by atoms with Crippen molar-refractivity contribution in [3.8, 4) is 17.2 Å². The summed E-state index contributed by atoms with van der Waals surface area (Å²) >= 11 is 0. The molecule has 0 aliphatic carbocycles. The average Bonchev–Trinajstić information content (AvgIpc) is 3.16. The Balaban J connectivity index is 1.27. The molecule has 1 aliphatic rings. The average molecular weight is 392 g/mol. The summed E-state index contributed by atoms with van der Waals surface area (Å²) in [7, 11) is 0. The predicted octanol–water partition coefficient (Wildman–Crippen LogP) is 4.13. The van der Waals surface area contributed by atoms with Crippen LogP contribution in [0.4, 0.5) is 11.4 Å². The van der Waals surface area contributed by atoms with Crippen LogP contribution in [-0.4, -0.2) is 35.8 Å². The van der Waals surface area contributed by atoms with E-state index in [1.54, 1.807) is 12.1 Å². The molecule has 1 amide bonds. The number of nitrogens with one attached hydrogen (secondary N) is 1. The zero-order valence-electron chi connectivity index (χ0n) is 16.2. The lowest BCUT2D eigenvalue weighted by molar-refractivity contribution is -0.118. The van der Waals surface area contributed by atoms with E-state index in [9.17, 15) is 4.79 Å². The highest BCUT2D eigenvalue weighted by atomic mass is 16.5. The number of carbonyl (C=O) groups excluding carboxylic acids is 1. The summed E-state index contributed by atoms with van der Waals surface area (Å²) in [5.74, 6) is 0.839. The van der Waals surface area contributed by atoms with Crippen molar-refractivity contribution in [1.29, 1.82) is 0 Å². The zero-order chi connectivity index (χ0) is 19.9. The molecule has 0 radical (unpaired) electrons. The van der Waals surface area contributed by atoms with Crippen LogP contribution in [0.25, 0.3) is 11.5 Å². The minimum atomic E-state index is -0.200. The van der Waals surface area contributed by atoms with Gasteiger partial charge in [0.15, 0.2) is 6.61 Å². The summed E-state index contributed by atoms with van der Waals surface area (Å²) in [6.07, 6.45) is 6.39. The molecule has 1 aromatic heterocycles. The van der Waals surface area contributed by atoms with E-state index < -0.39 is 0 Å². The van der Waals surface area contributed by atoms with E-state index in [1.165, 1.54) is 37.8 Å². The molecule has 3 aromatic rings. The highest BCUT2D eigenvalue weighted by molar-refractivity contribution is 5.92. The van der Waals surface area contributed by atoms with Gasteiger partial charge in [0.25, 0.3) is 5.91 Å². The molecule has 2 heterocycles. The van der Waals surface area contributed by atoms with Crippen molar-refractivity contribution in [2.75, 3.05) is 29.9 Å². The van der Waals surface area contributed by atoms with Crippen molar-refractivity contribution in [3.05, 3.63) is 54.9 Å². The van der Waals surface area contributed by atoms with E-state index >= 15 is 0 Å². The summed E-state index contributed by atoms with van der Waals surface area (Å²) < 4.78 is 10.7. The SMILES string of the molecule is O=C(COc1ccc(-c2nnco2)cc1)Nc1ccc(N2CCCCCC2)cc1. The van der Waals surface area contributed by atoms with Gasteiger partial charge in [0.1, 0.15) is 5.75 Å². The molecular weight excluding hydrogens is 368 g/mol. The number of amides is 1. The Labute approximate surface area is 169 Å². The van der Waals surface area contributed by atoms with Crippen molar-refractivity contribution in [1.82, 2.24) is 10.2 Å². The van der Waals surface area contributed by atoms with Crippen LogP contribution < -0.4 is 15.0 Å². The molecular formula is C22H24N4O3. The van der Waals surface area contributed by atoms with Crippen molar-refractivity contribution >= 4 is 17.3 Å². The smallest absolute Gasteiger partial charge is 0.262 e. The van der Waals surface area contributed by atoms with Crippen molar-refractivity contribution < 1.29 is 13.9 Å². The summed E-state index contributed by atoms with van der Waals surface area (Å²) in [5, 5.41) is 10.4. The molecule has 2 aromatic carbocycles. The second kappa shape index (κ2) is 9.23. The summed E-state index contributed by atoms with van der Waals surface area (Å²) in [5.41, 5.74) is 2.77. The highest BCUT2D eigenvalue weighted by Crippen LogP contribution is 2.22. The number of hydrogen-bond acceptors (Lipinski definition) is 6. The highest BCUT2D eigenvalue weighted by Gasteiger charge is 2.10. The first-order valence-electron chi connectivity index (χ1n) is 9.92. The van der Waals surface area contributed by atoms with Crippen LogP contribution in [0.5, 0.6) is 5.75 Å². The quantitative estimate of drug-likeness (QED) is 0.679. The number of ether oxygens (including phenoxy) is 1. The Morgan fingerprint density at radius 2 is 1.72 bits per heavy atom. The Kier molecular flexibility index (Phi) is 6.04. The molecule has 1 N–H and O–H groups in total. The maximum Gasteiger partial charge on any atom is 0.262 e. The molecule has 7 nitrogen and oxygen atoms in total. The van der Waals surface area contributed by atoms with Gasteiger partial charge >= 0.3 is 0 Å². The van der Waals surface area contributed by atoms with Crippen molar-refractivity contribution in [2.24, 2.45) is 0 Å². The summed E-state index contributed by atoms with van der Waals surface area (Å²) in [6.45, 7) is 2.14. The molecule has 29 heavy (non-hydrogen) atoms. The van der Waals surface area contributed by atoms with Crippen LogP contribution in [0.3, 0.4) is 0 Å². The molecule has 0 spiro atoms. The lowest BCUT2D eigenvalue weighted by atomic mass is 10.2. The van der Waals surface area contributed by atoms with Gasteiger partial charge in [-0.05, 0) is 61.4 Å². The van der Waals surface area contributed by atoms with Gasteiger partial charge in [-0.15, -0.1) is 10.2 Å². The van der Waals surface area contributed by atoms with Gasteiger partial charge in [-0.3, -0.25) is 4.79 Å². The molecule has 0 atom stereocenters. The first-order valence-corrected chi connectivity index (χ1v) is 9.92. The van der Waals surface area contributed by atoms with Gasteiger partial charge in [-0.1, -0.05) is 12.8 Å². The number of anilines is 2. The summed E-state index contributed by atoms with van der Waals surface area (Å²) in [4.78, 5) is 14.6. The third-order valence-electron chi connectivity index (χ3n) is 4.95. The fraction of sp³-hybridized carbons (Fsp3) is 0.318. The lowest BCUT2D eigenvalue weighted by Gasteiger charge is -2.22. The monoisotopic (exact) mass is 392 g/mol. The maximum absolute atomic E-state index is 12.2. The molecule has 0 bridgehead atoms. The molecule has 0 saturated carbocycles. The van der Waals surface area contributed by atoms with E-state index in [2.05, 4.69) is 32.5 Å². The second-order valence-electron chi connectivity index (χ2n) is 7.05. The lowest BCUT2D eigenvalue weighted by Crippen LogP contribution is -2.24. The van der Waals surface area contributed by atoms with Crippen molar-refractivity contribution in [3.63, 3.8) is 0 Å². The Bertz CT molecular complexity index is 900. The van der Waals surface area contributed by atoms with E-state index in [0.29, 0.717) is 11.6 Å². The molecule has 1 saturated heterocycles. The van der Waals surface area contributed by atoms with E-state index in [-0.39, 0.29) is 12.5 Å². The second-order valence-corrected chi connectivity index (χ2v) is 7.05. The Morgan fingerprint density at radius 1 is 1.00 bits per heavy atom. The third-order valence-corrected chi connectivity index (χ3v) is 4.95. The largest absolute Gasteiger partial charge is 0.484 e. The van der Waals surface area contributed by atoms with Gasteiger partial charge in [0.2, 0.25) is 12.3 Å². The van der Waals surface area contributed by atoms with Gasteiger partial charge in [0, 0.05) is 30.0 Å². The molecule has 150 valence electrons. The van der Waals surface area contributed by atoms with Gasteiger partial charge in [-0.25, -0.2) is 0 Å². The topological polar surface area (TPSA) is 80.5 Å². The zero-order valence-corrected chi connectivity index (χ0v) is 16.2. The minimum Gasteiger partial charge on any atom is -0.484 e. The standard InChI is InChI=1S/C22H24N4O3/c27-21(15-28-20-11-5-17(6-12-20)22-25-23-16-29-22)24-18-7-9-19(10-8-18)26-13-3-1-2-4-14-26/h5-12,16H,1-4,13-15H2,(H,24,27). The first-order chi connectivity index (χ1) is 14.3. The molecule has 1 fully saturated rings. The van der Waals surface area contributed by atoms with Crippen LogP contribution in [0.15, 0.2) is 59.3 Å². The first kappa shape index (κ1) is 19.0. The molecule has 1 aliphatic heterocycles. The van der Waals surface area contributed by atoms with Gasteiger partial charge in [-0.2, -0.15) is 0 Å². The molecule has 7 heteroatoms. The fourth-order valence-corrected chi connectivity index (χ4v) is 3.42. The van der Waals surface area contributed by atoms with Crippen LogP contribution in [0.2, 0.25) is 0 Å². The molecule has 4 rings (SSSR count). The number of rotatable bonds is 6. The van der Waals surface area contributed by atoms with Crippen LogP contribution in [0, 0.1) is 0 Å². The van der Waals surface area contributed by atoms with Crippen LogP contribution in [-0.2, 0) is 4.79 Å². The number of carbonyl (C=O) groups is 1. The van der Waals surface area contributed by atoms with Crippen LogP contribution in [0.1, 0.15) is 25.7 Å². The number of hydrogen-bond donors (Lipinski definition) is 1. The maximum atomic E-state index is 12.2. The summed E-state index contributed by atoms with van der Waals surface area (Å²) in [6, 6.07) is 15.2. The normalized spacial score (nSPS) is 14.3. The number of aromatic nitrogens is 2. The molecule has 0 unspecified atom stereocenters. The fourth-order valence-electron chi connectivity index (χ4n) is 3.42. The minimum absolute atomic E-state index is 0.0617. The number of benzene rings is 2. The third kappa shape index (κ3) is 5.13. The van der Waals surface area contributed by atoms with Crippen LogP contribution >= 0.6 is 0 Å². The van der Waals surface area contributed by atoms with Crippen molar-refractivity contribution in [2.45, 2.75) is 25.7 Å².